The largest absolute Gasteiger partial charge is 0.407 e. The van der Waals surface area contributed by atoms with Crippen LogP contribution in [0.3, 0.4) is 0 Å². The second kappa shape index (κ2) is 7.25. The van der Waals surface area contributed by atoms with Crippen molar-refractivity contribution in [2.24, 2.45) is 11.8 Å². The maximum Gasteiger partial charge on any atom is 0.407 e. The number of carbonyl (C=O) groups is 2. The minimum atomic E-state index is -4.83. The van der Waals surface area contributed by atoms with Crippen molar-refractivity contribution >= 4 is 23.2 Å². The van der Waals surface area contributed by atoms with Crippen molar-refractivity contribution in [2.75, 3.05) is 18.1 Å². The number of aliphatic hydroxyl groups is 2. The van der Waals surface area contributed by atoms with Gasteiger partial charge in [-0.3, -0.25) is 9.59 Å². The van der Waals surface area contributed by atoms with Gasteiger partial charge in [0.05, 0.1) is 48.9 Å². The van der Waals surface area contributed by atoms with E-state index in [1.165, 1.54) is 0 Å². The summed E-state index contributed by atoms with van der Waals surface area (Å²) in [5.74, 6) is -3.26. The van der Waals surface area contributed by atoms with Gasteiger partial charge in [0.25, 0.3) is 0 Å². The first-order chi connectivity index (χ1) is 14.9. The Morgan fingerprint density at radius 3 is 2.56 bits per heavy atom. The summed E-state index contributed by atoms with van der Waals surface area (Å²) in [4.78, 5) is 30.2. The Hall–Kier alpha value is -2.52. The van der Waals surface area contributed by atoms with Crippen LogP contribution in [0.5, 0.6) is 0 Å². The normalized spacial score (nSPS) is 34.7. The Bertz CT molecular complexity index is 1020. The maximum absolute atomic E-state index is 13.4. The minimum Gasteiger partial charge on any atom is -0.394 e. The molecule has 0 aliphatic carbocycles. The summed E-state index contributed by atoms with van der Waals surface area (Å²) in [5, 5.41) is 18.6. The maximum atomic E-state index is 13.4. The lowest BCUT2D eigenvalue weighted by Crippen LogP contribution is -2.50. The molecule has 32 heavy (non-hydrogen) atoms. The van der Waals surface area contributed by atoms with Crippen LogP contribution in [0, 0.1) is 18.4 Å². The highest BCUT2D eigenvalue weighted by molar-refractivity contribution is 6.23. The SMILES string of the molecule is [C-]#[N+]c1ccc(N2C(=O)[C@@H]3[C@H](C2=O)C2(C)C[C@H](OCC(O)CO)C3(C)O2)cc1C(F)(F)F. The van der Waals surface area contributed by atoms with Gasteiger partial charge >= 0.3 is 6.18 Å². The number of ether oxygens (including phenoxy) is 2. The van der Waals surface area contributed by atoms with Gasteiger partial charge in [0.2, 0.25) is 11.8 Å². The number of imide groups is 1. The monoisotopic (exact) mass is 454 g/mol. The van der Waals surface area contributed by atoms with Gasteiger partial charge in [-0.1, -0.05) is 6.07 Å². The molecule has 1 aromatic carbocycles. The van der Waals surface area contributed by atoms with Gasteiger partial charge in [0.15, 0.2) is 5.69 Å². The second-order valence-corrected chi connectivity index (χ2v) is 8.74. The van der Waals surface area contributed by atoms with Crippen LogP contribution in [0.15, 0.2) is 18.2 Å². The van der Waals surface area contributed by atoms with Crippen LogP contribution in [-0.4, -0.2) is 58.7 Å². The Labute approximate surface area is 181 Å². The Balaban J connectivity index is 1.69. The van der Waals surface area contributed by atoms with E-state index in [1.54, 1.807) is 13.8 Å². The zero-order valence-corrected chi connectivity index (χ0v) is 17.2. The molecule has 4 rings (SSSR count). The van der Waals surface area contributed by atoms with E-state index in [1.807, 2.05) is 0 Å². The molecule has 2 N–H and O–H groups in total. The predicted molar refractivity (Wildman–Crippen MR) is 103 cm³/mol. The average Bonchev–Trinajstić information content (AvgIpc) is 3.25. The summed E-state index contributed by atoms with van der Waals surface area (Å²) in [6, 6.07) is 2.73. The summed E-state index contributed by atoms with van der Waals surface area (Å²) in [6.07, 6.45) is -6.38. The molecule has 2 bridgehead atoms. The van der Waals surface area contributed by atoms with Crippen molar-refractivity contribution in [3.05, 3.63) is 35.2 Å². The quantitative estimate of drug-likeness (QED) is 0.522. The average molecular weight is 454 g/mol. The summed E-state index contributed by atoms with van der Waals surface area (Å²) >= 11 is 0. The number of halogens is 3. The van der Waals surface area contributed by atoms with E-state index in [0.29, 0.717) is 6.07 Å². The number of hydrogen-bond acceptors (Lipinski definition) is 6. The van der Waals surface area contributed by atoms with Crippen molar-refractivity contribution in [3.8, 4) is 0 Å². The van der Waals surface area contributed by atoms with E-state index >= 15 is 0 Å². The first-order valence-electron chi connectivity index (χ1n) is 9.94. The lowest BCUT2D eigenvalue weighted by atomic mass is 9.67. The molecule has 8 nitrogen and oxygen atoms in total. The van der Waals surface area contributed by atoms with Gasteiger partial charge in [-0.05, 0) is 26.0 Å². The van der Waals surface area contributed by atoms with Crippen LogP contribution in [0.25, 0.3) is 4.85 Å². The zero-order valence-electron chi connectivity index (χ0n) is 17.2. The molecular weight excluding hydrogens is 433 g/mol. The molecular formula is C21H21F3N2O6. The topological polar surface area (TPSA) is 101 Å². The summed E-state index contributed by atoms with van der Waals surface area (Å²) in [6.45, 7) is 9.50. The van der Waals surface area contributed by atoms with Crippen LogP contribution in [0.1, 0.15) is 25.8 Å². The lowest BCUT2D eigenvalue weighted by molar-refractivity contribution is -0.139. The minimum absolute atomic E-state index is 0.202. The molecule has 3 unspecified atom stereocenters. The number of hydrogen-bond donors (Lipinski definition) is 2. The van der Waals surface area contributed by atoms with E-state index in [4.69, 9.17) is 21.2 Å². The number of carbonyl (C=O) groups excluding carboxylic acids is 2. The van der Waals surface area contributed by atoms with Gasteiger partial charge < -0.3 is 19.7 Å². The van der Waals surface area contributed by atoms with E-state index in [0.717, 1.165) is 17.0 Å². The zero-order chi connectivity index (χ0) is 23.6. The van der Waals surface area contributed by atoms with Gasteiger partial charge in [-0.15, -0.1) is 0 Å². The third kappa shape index (κ3) is 3.13. The Morgan fingerprint density at radius 1 is 1.31 bits per heavy atom. The second-order valence-electron chi connectivity index (χ2n) is 8.74. The van der Waals surface area contributed by atoms with Gasteiger partial charge in [-0.25, -0.2) is 9.74 Å². The smallest absolute Gasteiger partial charge is 0.394 e. The number of fused-ring (bicyclic) bond motifs is 5. The van der Waals surface area contributed by atoms with Gasteiger partial charge in [0, 0.05) is 12.1 Å². The van der Waals surface area contributed by atoms with Gasteiger partial charge in [-0.2, -0.15) is 13.2 Å². The van der Waals surface area contributed by atoms with Crippen molar-refractivity contribution in [2.45, 2.75) is 49.9 Å². The Morgan fingerprint density at radius 2 is 1.97 bits per heavy atom. The molecule has 3 heterocycles. The van der Waals surface area contributed by atoms with Crippen molar-refractivity contribution < 1.29 is 42.4 Å². The van der Waals surface area contributed by atoms with Crippen LogP contribution >= 0.6 is 0 Å². The third-order valence-electron chi connectivity index (χ3n) is 6.63. The van der Waals surface area contributed by atoms with Crippen LogP contribution in [-0.2, 0) is 25.2 Å². The van der Waals surface area contributed by atoms with E-state index in [2.05, 4.69) is 4.85 Å². The molecule has 3 aliphatic heterocycles. The predicted octanol–water partition coefficient (Wildman–Crippen LogP) is 2.05. The highest BCUT2D eigenvalue weighted by Gasteiger charge is 2.76. The highest BCUT2D eigenvalue weighted by Crippen LogP contribution is 2.61. The van der Waals surface area contributed by atoms with Crippen LogP contribution < -0.4 is 4.90 Å². The summed E-state index contributed by atoms with van der Waals surface area (Å²) in [7, 11) is 0. The molecule has 2 amide bonds. The van der Waals surface area contributed by atoms with E-state index < -0.39 is 71.1 Å². The fourth-order valence-corrected chi connectivity index (χ4v) is 5.24. The number of rotatable bonds is 5. The molecule has 11 heteroatoms. The third-order valence-corrected chi connectivity index (χ3v) is 6.63. The Kier molecular flexibility index (Phi) is 5.13. The fraction of sp³-hybridized carbons (Fsp3) is 0.571. The van der Waals surface area contributed by atoms with E-state index in [9.17, 15) is 27.9 Å². The summed E-state index contributed by atoms with van der Waals surface area (Å²) < 4.78 is 52.0. The number of anilines is 1. The molecule has 1 aromatic rings. The molecule has 0 saturated carbocycles. The van der Waals surface area contributed by atoms with Gasteiger partial charge in [0.1, 0.15) is 11.7 Å². The summed E-state index contributed by atoms with van der Waals surface area (Å²) in [5.41, 5.74) is -4.43. The van der Waals surface area contributed by atoms with Crippen molar-refractivity contribution in [1.29, 1.82) is 0 Å². The number of amides is 2. The number of benzene rings is 1. The highest BCUT2D eigenvalue weighted by atomic mass is 19.4. The molecule has 3 fully saturated rings. The molecule has 3 saturated heterocycles. The molecule has 6 atom stereocenters. The van der Waals surface area contributed by atoms with Crippen LogP contribution in [0.4, 0.5) is 24.5 Å². The van der Waals surface area contributed by atoms with Crippen LogP contribution in [0.2, 0.25) is 0 Å². The standard InChI is InChI=1S/C21H21F3N2O6/c1-19-7-14(31-9-11(28)8-27)20(2,32-19)16-15(19)17(29)26(18(16)30)10-4-5-13(25-3)12(6-10)21(22,23)24/h4-6,11,14-16,27-28H,7-9H2,1-2H3/t11?,14-,15+,16-,19?,20?/m0/s1. The first kappa shape index (κ1) is 22.7. The number of nitrogens with zero attached hydrogens (tertiary/aromatic N) is 2. The lowest BCUT2D eigenvalue weighted by Gasteiger charge is -2.35. The molecule has 0 aromatic heterocycles. The fourth-order valence-electron chi connectivity index (χ4n) is 5.24. The van der Waals surface area contributed by atoms with Crippen molar-refractivity contribution in [1.82, 2.24) is 0 Å². The van der Waals surface area contributed by atoms with Crippen molar-refractivity contribution in [3.63, 3.8) is 0 Å². The molecule has 0 spiro atoms. The first-order valence-corrected chi connectivity index (χ1v) is 9.94. The number of alkyl halides is 3. The molecule has 0 radical (unpaired) electrons. The number of aliphatic hydroxyl groups excluding tert-OH is 2. The molecule has 3 aliphatic rings. The molecule has 172 valence electrons. The van der Waals surface area contributed by atoms with E-state index in [-0.39, 0.29) is 18.7 Å².